The number of hydrogen-bond donors (Lipinski definition) is 0. The molecule has 0 aliphatic rings. The minimum Gasteiger partial charge on any atom is -0.0656 e. The fraction of sp³-hybridized carbons (Fsp3) is 0.379. The molecule has 0 saturated heterocycles. The highest BCUT2D eigenvalue weighted by molar-refractivity contribution is 5.25. The molecule has 29 heavy (non-hydrogen) atoms. The van der Waals surface area contributed by atoms with E-state index >= 15 is 0 Å². The Balaban J connectivity index is 0. The van der Waals surface area contributed by atoms with E-state index in [0.717, 1.165) is 6.42 Å². The van der Waals surface area contributed by atoms with Crippen molar-refractivity contribution in [2.45, 2.75) is 74.1 Å². The van der Waals surface area contributed by atoms with Gasteiger partial charge in [0.05, 0.1) is 0 Å². The number of hydrogen-bond acceptors (Lipinski definition) is 0. The monoisotopic (exact) mass is 392 g/mol. The van der Waals surface area contributed by atoms with Gasteiger partial charge in [-0.1, -0.05) is 157 Å². The van der Waals surface area contributed by atoms with E-state index in [4.69, 9.17) is 0 Å². The van der Waals surface area contributed by atoms with Gasteiger partial charge >= 0.3 is 0 Å². The molecule has 0 nitrogen and oxygen atoms in total. The molecule has 0 spiro atoms. The highest BCUT2D eigenvalue weighted by Crippen LogP contribution is 2.07. The van der Waals surface area contributed by atoms with E-state index in [1.54, 1.807) is 0 Å². The van der Waals surface area contributed by atoms with E-state index in [9.17, 15) is 0 Å². The zero-order valence-electron chi connectivity index (χ0n) is 20.0. The van der Waals surface area contributed by atoms with Gasteiger partial charge in [-0.25, -0.2) is 0 Å². The smallest absolute Gasteiger partial charge is 0.00258 e. The highest BCUT2D eigenvalue weighted by atomic mass is 14.0. The van der Waals surface area contributed by atoms with Crippen molar-refractivity contribution in [3.8, 4) is 0 Å². The van der Waals surface area contributed by atoms with Gasteiger partial charge in [0.25, 0.3) is 0 Å². The molecule has 0 unspecified atom stereocenters. The van der Waals surface area contributed by atoms with Gasteiger partial charge in [0, 0.05) is 0 Å². The highest BCUT2D eigenvalue weighted by Gasteiger charge is 1.92. The summed E-state index contributed by atoms with van der Waals surface area (Å²) in [4.78, 5) is 0. The summed E-state index contributed by atoms with van der Waals surface area (Å²) in [5, 5.41) is 0. The van der Waals surface area contributed by atoms with Gasteiger partial charge in [0.2, 0.25) is 0 Å². The molecule has 0 N–H and O–H groups in total. The van der Waals surface area contributed by atoms with Crippen molar-refractivity contribution < 1.29 is 0 Å². The van der Waals surface area contributed by atoms with E-state index < -0.39 is 0 Å². The summed E-state index contributed by atoms with van der Waals surface area (Å²) < 4.78 is 0. The Morgan fingerprint density at radius 1 is 0.414 bits per heavy atom. The Kier molecular flexibility index (Phi) is 23.6. The summed E-state index contributed by atoms with van der Waals surface area (Å²) in [6.07, 6.45) is 4.78. The van der Waals surface area contributed by atoms with Gasteiger partial charge in [0.1, 0.15) is 0 Å². The number of rotatable bonds is 2. The minimum atomic E-state index is 1.03. The lowest BCUT2D eigenvalue weighted by atomic mass is 10.1. The molecular formula is C29H44. The Hall–Kier alpha value is -2.34. The Labute approximate surface area is 182 Å². The van der Waals surface area contributed by atoms with Gasteiger partial charge in [-0.2, -0.15) is 0 Å². The first kappa shape index (κ1) is 28.9. The van der Waals surface area contributed by atoms with Crippen LogP contribution in [-0.2, 0) is 6.42 Å². The van der Waals surface area contributed by atoms with Gasteiger partial charge in [-0.05, 0) is 24.5 Å². The second kappa shape index (κ2) is 23.7. The van der Waals surface area contributed by atoms with Crippen molar-refractivity contribution in [2.24, 2.45) is 0 Å². The maximum Gasteiger partial charge on any atom is -0.00258 e. The normalized spacial score (nSPS) is 8.38. The lowest BCUT2D eigenvalue weighted by Gasteiger charge is -2.00. The van der Waals surface area contributed by atoms with Crippen LogP contribution >= 0.6 is 0 Å². The zero-order valence-corrected chi connectivity index (χ0v) is 20.0. The fourth-order valence-corrected chi connectivity index (χ4v) is 1.96. The van der Waals surface area contributed by atoms with Crippen LogP contribution in [0.2, 0.25) is 0 Å². The second-order valence-corrected chi connectivity index (χ2v) is 6.92. The summed E-state index contributed by atoms with van der Waals surface area (Å²) >= 11 is 0. The number of benzene rings is 3. The molecule has 0 heteroatoms. The third-order valence-electron chi connectivity index (χ3n) is 3.03. The standard InChI is InChI=1S/C13H12.C7H8.3C3H8/c1-3-7-12(8-4-1)11-13-9-5-2-6-10-13;1-7-5-3-2-4-6-7;3*1-3-2/h1-10H,11H2;2-6H,1H3;3*3H2,1-2H3. The molecule has 0 amide bonds. The molecular weight excluding hydrogens is 348 g/mol. The molecule has 0 fully saturated rings. The van der Waals surface area contributed by atoms with E-state index in [0.29, 0.717) is 0 Å². The topological polar surface area (TPSA) is 0 Å². The predicted octanol–water partition coefficient (Wildman–Crippen LogP) is 9.52. The average molecular weight is 393 g/mol. The molecule has 0 radical (unpaired) electrons. The first-order valence-corrected chi connectivity index (χ1v) is 11.2. The summed E-state index contributed by atoms with van der Waals surface area (Å²) in [5.74, 6) is 0. The molecule has 0 heterocycles. The molecule has 3 rings (SSSR count). The van der Waals surface area contributed by atoms with Gasteiger partial charge < -0.3 is 0 Å². The third kappa shape index (κ3) is 21.8. The maximum absolute atomic E-state index is 2.16. The van der Waals surface area contributed by atoms with Gasteiger partial charge in [-0.3, -0.25) is 0 Å². The number of aryl methyl sites for hydroxylation is 1. The van der Waals surface area contributed by atoms with Crippen LogP contribution in [0.4, 0.5) is 0 Å². The second-order valence-electron chi connectivity index (χ2n) is 6.92. The molecule has 0 aromatic heterocycles. The summed E-state index contributed by atoms with van der Waals surface area (Å²) in [6, 6.07) is 31.3. The predicted molar refractivity (Wildman–Crippen MR) is 135 cm³/mol. The van der Waals surface area contributed by atoms with Crippen LogP contribution in [0.5, 0.6) is 0 Å². The van der Waals surface area contributed by atoms with Crippen molar-refractivity contribution in [1.29, 1.82) is 0 Å². The maximum atomic E-state index is 2.16. The summed E-state index contributed by atoms with van der Waals surface area (Å²) in [7, 11) is 0. The molecule has 3 aromatic carbocycles. The molecule has 0 bridgehead atoms. The lowest BCUT2D eigenvalue weighted by Crippen LogP contribution is -1.85. The van der Waals surface area contributed by atoms with E-state index in [1.807, 2.05) is 18.2 Å². The largest absolute Gasteiger partial charge is 0.0656 e. The molecule has 3 aromatic rings. The molecule has 0 aliphatic carbocycles. The van der Waals surface area contributed by atoms with Crippen molar-refractivity contribution in [3.05, 3.63) is 108 Å². The van der Waals surface area contributed by atoms with Crippen LogP contribution in [0.25, 0.3) is 0 Å². The third-order valence-corrected chi connectivity index (χ3v) is 3.03. The SMILES string of the molecule is CCC.CCC.CCC.Cc1ccccc1.c1ccc(Cc2ccccc2)cc1. The molecule has 160 valence electrons. The van der Waals surface area contributed by atoms with E-state index in [1.165, 1.54) is 36.0 Å². The van der Waals surface area contributed by atoms with Crippen LogP contribution < -0.4 is 0 Å². The lowest BCUT2D eigenvalue weighted by molar-refractivity contribution is 1.09. The van der Waals surface area contributed by atoms with E-state index in [-0.39, 0.29) is 0 Å². The summed E-state index contributed by atoms with van der Waals surface area (Å²) in [6.45, 7) is 14.8. The molecule has 0 saturated carbocycles. The fourth-order valence-electron chi connectivity index (χ4n) is 1.96. The van der Waals surface area contributed by atoms with E-state index in [2.05, 4.69) is 121 Å². The van der Waals surface area contributed by atoms with Crippen molar-refractivity contribution in [3.63, 3.8) is 0 Å². The first-order chi connectivity index (χ1) is 14.1. The molecule has 0 atom stereocenters. The van der Waals surface area contributed by atoms with Crippen molar-refractivity contribution in [2.75, 3.05) is 0 Å². The van der Waals surface area contributed by atoms with Crippen LogP contribution in [0.1, 0.15) is 77.5 Å². The van der Waals surface area contributed by atoms with Crippen LogP contribution in [0.3, 0.4) is 0 Å². The van der Waals surface area contributed by atoms with Crippen LogP contribution in [-0.4, -0.2) is 0 Å². The van der Waals surface area contributed by atoms with Gasteiger partial charge in [-0.15, -0.1) is 0 Å². The van der Waals surface area contributed by atoms with Gasteiger partial charge in [0.15, 0.2) is 0 Å². The average Bonchev–Trinajstić information content (AvgIpc) is 2.72. The summed E-state index contributed by atoms with van der Waals surface area (Å²) in [5.41, 5.74) is 4.06. The zero-order chi connectivity index (χ0) is 22.2. The molecule has 0 aliphatic heterocycles. The Morgan fingerprint density at radius 2 is 0.655 bits per heavy atom. The van der Waals surface area contributed by atoms with Crippen LogP contribution in [0, 0.1) is 6.92 Å². The van der Waals surface area contributed by atoms with Crippen molar-refractivity contribution >= 4 is 0 Å². The minimum absolute atomic E-state index is 1.03. The van der Waals surface area contributed by atoms with Crippen LogP contribution in [0.15, 0.2) is 91.0 Å². The Bertz CT molecular complexity index is 584. The Morgan fingerprint density at radius 3 is 0.862 bits per heavy atom. The van der Waals surface area contributed by atoms with Crippen molar-refractivity contribution in [1.82, 2.24) is 0 Å². The quantitative estimate of drug-likeness (QED) is 0.407. The first-order valence-electron chi connectivity index (χ1n) is 11.2.